The molecule has 0 bridgehead atoms. The molecule has 17 heavy (non-hydrogen) atoms. The Bertz CT molecular complexity index is 350. The van der Waals surface area contributed by atoms with Gasteiger partial charge in [-0.3, -0.25) is 0 Å². The number of anilines is 1. The first-order chi connectivity index (χ1) is 8.10. The number of hydrogen-bond donors (Lipinski definition) is 1. The summed E-state index contributed by atoms with van der Waals surface area (Å²) in [4.78, 5) is 2.21. The van der Waals surface area contributed by atoms with E-state index in [2.05, 4.69) is 49.3 Å². The molecule has 0 aliphatic heterocycles. The Balaban J connectivity index is 2.91. The van der Waals surface area contributed by atoms with Crippen molar-refractivity contribution in [2.75, 3.05) is 39.2 Å². The lowest BCUT2D eigenvalue weighted by molar-refractivity contribution is 0.414. The molecule has 3 nitrogen and oxygen atoms in total. The highest BCUT2D eigenvalue weighted by molar-refractivity contribution is 5.59. The number of nitrogens with zero attached hydrogens (tertiary/aromatic N) is 1. The van der Waals surface area contributed by atoms with Crippen molar-refractivity contribution in [3.63, 3.8) is 0 Å². The number of rotatable bonds is 6. The highest BCUT2D eigenvalue weighted by Gasteiger charge is 2.10. The Hall–Kier alpha value is -1.22. The van der Waals surface area contributed by atoms with Crippen LogP contribution in [0.2, 0.25) is 0 Å². The van der Waals surface area contributed by atoms with Crippen LogP contribution in [0, 0.1) is 0 Å². The predicted octanol–water partition coefficient (Wildman–Crippen LogP) is 2.47. The van der Waals surface area contributed by atoms with E-state index >= 15 is 0 Å². The molecule has 0 saturated carbocycles. The van der Waals surface area contributed by atoms with Crippen molar-refractivity contribution in [2.45, 2.75) is 19.8 Å². The Kier molecular flexibility index (Phi) is 5.29. The highest BCUT2D eigenvalue weighted by atomic mass is 16.5. The Morgan fingerprint density at radius 2 is 2.06 bits per heavy atom. The van der Waals surface area contributed by atoms with Crippen LogP contribution in [0.15, 0.2) is 18.2 Å². The van der Waals surface area contributed by atoms with Gasteiger partial charge in [0.2, 0.25) is 0 Å². The van der Waals surface area contributed by atoms with Crippen molar-refractivity contribution in [2.24, 2.45) is 0 Å². The van der Waals surface area contributed by atoms with Crippen LogP contribution in [0.25, 0.3) is 0 Å². The van der Waals surface area contributed by atoms with Crippen LogP contribution in [0.1, 0.15) is 25.3 Å². The first kappa shape index (κ1) is 13.8. The second-order valence-corrected chi connectivity index (χ2v) is 4.61. The smallest absolute Gasteiger partial charge is 0.142 e. The van der Waals surface area contributed by atoms with E-state index < -0.39 is 0 Å². The summed E-state index contributed by atoms with van der Waals surface area (Å²) in [6.45, 7) is 6.32. The number of ether oxygens (including phenoxy) is 1. The van der Waals surface area contributed by atoms with Gasteiger partial charge in [-0.05, 0) is 30.7 Å². The fraction of sp³-hybridized carbons (Fsp3) is 0.571. The second kappa shape index (κ2) is 6.50. The Morgan fingerprint density at radius 1 is 1.35 bits per heavy atom. The van der Waals surface area contributed by atoms with Crippen molar-refractivity contribution in [3.05, 3.63) is 23.8 Å². The van der Waals surface area contributed by atoms with Gasteiger partial charge in [0.1, 0.15) is 5.75 Å². The summed E-state index contributed by atoms with van der Waals surface area (Å²) in [6, 6.07) is 6.46. The molecule has 0 heterocycles. The van der Waals surface area contributed by atoms with Gasteiger partial charge in [-0.15, -0.1) is 0 Å². The third-order valence-corrected chi connectivity index (χ3v) is 2.98. The van der Waals surface area contributed by atoms with Gasteiger partial charge in [0, 0.05) is 20.1 Å². The van der Waals surface area contributed by atoms with Gasteiger partial charge in [-0.2, -0.15) is 0 Å². The molecule has 0 atom stereocenters. The Labute approximate surface area is 105 Å². The molecular formula is C14H24N2O. The molecule has 0 fully saturated rings. The molecule has 1 N–H and O–H groups in total. The van der Waals surface area contributed by atoms with Gasteiger partial charge in [0.05, 0.1) is 12.8 Å². The second-order valence-electron chi connectivity index (χ2n) is 4.61. The summed E-state index contributed by atoms with van der Waals surface area (Å²) in [5.74, 6) is 1.48. The van der Waals surface area contributed by atoms with Gasteiger partial charge in [0.25, 0.3) is 0 Å². The summed E-state index contributed by atoms with van der Waals surface area (Å²) in [6.07, 6.45) is 0. The van der Waals surface area contributed by atoms with Gasteiger partial charge in [-0.1, -0.05) is 19.9 Å². The SMILES string of the molecule is CNCCN(C)c1ccc(C(C)C)cc1OC. The zero-order chi connectivity index (χ0) is 12.8. The molecule has 1 aromatic carbocycles. The maximum atomic E-state index is 5.48. The van der Waals surface area contributed by atoms with E-state index in [1.807, 2.05) is 7.05 Å². The monoisotopic (exact) mass is 236 g/mol. The quantitative estimate of drug-likeness (QED) is 0.821. The van der Waals surface area contributed by atoms with E-state index in [0.29, 0.717) is 5.92 Å². The van der Waals surface area contributed by atoms with Crippen LogP contribution in [0.5, 0.6) is 5.75 Å². The maximum absolute atomic E-state index is 5.48. The summed E-state index contributed by atoms with van der Waals surface area (Å²) in [7, 11) is 5.78. The molecule has 1 aromatic rings. The van der Waals surface area contributed by atoms with Gasteiger partial charge in [0.15, 0.2) is 0 Å². The fourth-order valence-electron chi connectivity index (χ4n) is 1.77. The minimum Gasteiger partial charge on any atom is -0.495 e. The molecule has 3 heteroatoms. The van der Waals surface area contributed by atoms with Gasteiger partial charge >= 0.3 is 0 Å². The van der Waals surface area contributed by atoms with Crippen molar-refractivity contribution < 1.29 is 4.74 Å². The number of benzene rings is 1. The zero-order valence-corrected chi connectivity index (χ0v) is 11.6. The topological polar surface area (TPSA) is 24.5 Å². The van der Waals surface area contributed by atoms with Crippen molar-refractivity contribution in [3.8, 4) is 5.75 Å². The number of likely N-dealkylation sites (N-methyl/N-ethyl adjacent to an activating group) is 2. The lowest BCUT2D eigenvalue weighted by Gasteiger charge is -2.22. The van der Waals surface area contributed by atoms with Gasteiger partial charge < -0.3 is 15.0 Å². The normalized spacial score (nSPS) is 10.7. The lowest BCUT2D eigenvalue weighted by atomic mass is 10.0. The molecule has 1 rings (SSSR count). The molecule has 0 unspecified atom stereocenters. The molecule has 0 aliphatic rings. The molecule has 0 amide bonds. The van der Waals surface area contributed by atoms with Crippen LogP contribution in [0.3, 0.4) is 0 Å². The van der Waals surface area contributed by atoms with E-state index in [0.717, 1.165) is 24.5 Å². The maximum Gasteiger partial charge on any atom is 0.142 e. The molecule has 0 spiro atoms. The summed E-state index contributed by atoms with van der Waals surface area (Å²) in [5, 5.41) is 3.15. The first-order valence-electron chi connectivity index (χ1n) is 6.13. The van der Waals surface area contributed by atoms with Crippen molar-refractivity contribution >= 4 is 5.69 Å². The fourth-order valence-corrected chi connectivity index (χ4v) is 1.77. The minimum atomic E-state index is 0.528. The van der Waals surface area contributed by atoms with Crippen molar-refractivity contribution in [1.82, 2.24) is 5.32 Å². The third kappa shape index (κ3) is 3.63. The van der Waals surface area contributed by atoms with E-state index in [-0.39, 0.29) is 0 Å². The third-order valence-electron chi connectivity index (χ3n) is 2.98. The van der Waals surface area contributed by atoms with E-state index in [4.69, 9.17) is 4.74 Å². The summed E-state index contributed by atoms with van der Waals surface area (Å²) in [5.41, 5.74) is 2.46. The lowest BCUT2D eigenvalue weighted by Crippen LogP contribution is -2.27. The predicted molar refractivity (Wildman–Crippen MR) is 74.3 cm³/mol. The molecular weight excluding hydrogens is 212 g/mol. The Morgan fingerprint density at radius 3 is 2.59 bits per heavy atom. The van der Waals surface area contributed by atoms with E-state index in [9.17, 15) is 0 Å². The number of hydrogen-bond acceptors (Lipinski definition) is 3. The van der Waals surface area contributed by atoms with Crippen LogP contribution in [-0.4, -0.2) is 34.3 Å². The molecule has 0 aromatic heterocycles. The largest absolute Gasteiger partial charge is 0.495 e. The zero-order valence-electron chi connectivity index (χ0n) is 11.6. The van der Waals surface area contributed by atoms with Crippen molar-refractivity contribution in [1.29, 1.82) is 0 Å². The average molecular weight is 236 g/mol. The standard InChI is InChI=1S/C14H24N2O/c1-11(2)12-6-7-13(14(10-12)17-5)16(4)9-8-15-3/h6-7,10-11,15H,8-9H2,1-5H3. The minimum absolute atomic E-state index is 0.528. The van der Waals surface area contributed by atoms with E-state index in [1.165, 1.54) is 5.56 Å². The number of methoxy groups -OCH3 is 1. The molecule has 0 aliphatic carbocycles. The van der Waals surface area contributed by atoms with E-state index in [1.54, 1.807) is 7.11 Å². The molecule has 0 radical (unpaired) electrons. The highest BCUT2D eigenvalue weighted by Crippen LogP contribution is 2.30. The van der Waals surface area contributed by atoms with Crippen LogP contribution >= 0.6 is 0 Å². The molecule has 0 saturated heterocycles. The summed E-state index contributed by atoms with van der Waals surface area (Å²) < 4.78 is 5.48. The van der Waals surface area contributed by atoms with Gasteiger partial charge in [-0.25, -0.2) is 0 Å². The van der Waals surface area contributed by atoms with Crippen LogP contribution in [-0.2, 0) is 0 Å². The number of nitrogens with one attached hydrogen (secondary N) is 1. The first-order valence-corrected chi connectivity index (χ1v) is 6.13. The average Bonchev–Trinajstić information content (AvgIpc) is 2.34. The van der Waals surface area contributed by atoms with Crippen LogP contribution in [0.4, 0.5) is 5.69 Å². The molecule has 96 valence electrons. The van der Waals surface area contributed by atoms with Crippen LogP contribution < -0.4 is 15.0 Å². The summed E-state index contributed by atoms with van der Waals surface area (Å²) >= 11 is 0.